The minimum absolute atomic E-state index is 0.0166. The van der Waals surface area contributed by atoms with Crippen LogP contribution in [-0.2, 0) is 28.3 Å². The molecule has 0 bridgehead atoms. The highest BCUT2D eigenvalue weighted by atomic mass is 32.2. The molecule has 4 nitrogen and oxygen atoms in total. The van der Waals surface area contributed by atoms with E-state index in [1.807, 2.05) is 67.6 Å². The Morgan fingerprint density at radius 2 is 1.44 bits per heavy atom. The second kappa shape index (κ2) is 13.9. The molecule has 0 saturated heterocycles. The highest BCUT2D eigenvalue weighted by Gasteiger charge is 2.31. The van der Waals surface area contributed by atoms with E-state index in [2.05, 4.69) is 44.3 Å². The molecule has 2 amide bonds. The van der Waals surface area contributed by atoms with Crippen LogP contribution < -0.4 is 5.32 Å². The van der Waals surface area contributed by atoms with Gasteiger partial charge in [-0.1, -0.05) is 85.8 Å². The molecule has 0 aliphatic carbocycles. The number of benzene rings is 3. The summed E-state index contributed by atoms with van der Waals surface area (Å²) in [5.41, 5.74) is 5.67. The predicted octanol–water partition coefficient (Wildman–Crippen LogP) is 6.09. The number of amides is 2. The molecule has 0 saturated carbocycles. The lowest BCUT2D eigenvalue weighted by Crippen LogP contribution is -2.52. The molecule has 0 aliphatic rings. The van der Waals surface area contributed by atoms with E-state index in [1.165, 1.54) is 11.1 Å². The highest BCUT2D eigenvalue weighted by molar-refractivity contribution is 7.99. The van der Waals surface area contributed by atoms with Crippen LogP contribution in [0, 0.1) is 13.8 Å². The van der Waals surface area contributed by atoms with Gasteiger partial charge in [0.1, 0.15) is 6.04 Å². The van der Waals surface area contributed by atoms with E-state index in [1.54, 1.807) is 16.7 Å². The van der Waals surface area contributed by atoms with Crippen LogP contribution in [0.2, 0.25) is 0 Å². The maximum atomic E-state index is 13.8. The minimum Gasteiger partial charge on any atom is -0.352 e. The molecule has 5 heteroatoms. The first-order chi connectivity index (χ1) is 17.4. The monoisotopic (exact) mass is 502 g/mol. The maximum absolute atomic E-state index is 13.8. The molecule has 0 spiro atoms. The molecule has 0 aromatic heterocycles. The van der Waals surface area contributed by atoms with Gasteiger partial charge in [-0.05, 0) is 55.0 Å². The average molecular weight is 503 g/mol. The van der Waals surface area contributed by atoms with Gasteiger partial charge in [-0.15, -0.1) is 11.8 Å². The Kier molecular flexibility index (Phi) is 10.6. The summed E-state index contributed by atoms with van der Waals surface area (Å²) in [4.78, 5) is 29.1. The van der Waals surface area contributed by atoms with Gasteiger partial charge < -0.3 is 10.2 Å². The highest BCUT2D eigenvalue weighted by Crippen LogP contribution is 2.21. The fraction of sp³-hybridized carbons (Fsp3) is 0.355. The van der Waals surface area contributed by atoms with Crippen LogP contribution in [-0.4, -0.2) is 34.6 Å². The minimum atomic E-state index is -0.590. The molecule has 0 heterocycles. The number of carbonyl (C=O) groups excluding carboxylic acids is 2. The van der Waals surface area contributed by atoms with Crippen LogP contribution in [0.1, 0.15) is 48.1 Å². The van der Waals surface area contributed by atoms with E-state index in [0.717, 1.165) is 28.9 Å². The molecule has 36 heavy (non-hydrogen) atoms. The third-order valence-corrected chi connectivity index (χ3v) is 7.58. The van der Waals surface area contributed by atoms with Crippen LogP contribution in [0.5, 0.6) is 0 Å². The van der Waals surface area contributed by atoms with Gasteiger partial charge in [-0.2, -0.15) is 0 Å². The molecule has 0 radical (unpaired) electrons. The van der Waals surface area contributed by atoms with Crippen LogP contribution in [0.3, 0.4) is 0 Å². The van der Waals surface area contributed by atoms with Gasteiger partial charge in [-0.3, -0.25) is 9.59 Å². The zero-order valence-corrected chi connectivity index (χ0v) is 22.7. The first kappa shape index (κ1) is 27.5. The molecule has 3 rings (SSSR count). The molecule has 3 aromatic rings. The van der Waals surface area contributed by atoms with Crippen LogP contribution in [0.15, 0.2) is 78.9 Å². The van der Waals surface area contributed by atoms with Crippen molar-refractivity contribution in [1.29, 1.82) is 0 Å². The largest absolute Gasteiger partial charge is 0.352 e. The van der Waals surface area contributed by atoms with Crippen molar-refractivity contribution in [2.24, 2.45) is 0 Å². The van der Waals surface area contributed by atoms with Gasteiger partial charge in [0.05, 0.1) is 5.75 Å². The first-order valence-corrected chi connectivity index (χ1v) is 13.8. The van der Waals surface area contributed by atoms with Crippen molar-refractivity contribution in [3.63, 3.8) is 0 Å². The van der Waals surface area contributed by atoms with Gasteiger partial charge in [0.2, 0.25) is 11.8 Å². The Labute approximate surface area is 220 Å². The van der Waals surface area contributed by atoms with Crippen molar-refractivity contribution >= 4 is 23.6 Å². The van der Waals surface area contributed by atoms with Gasteiger partial charge in [0, 0.05) is 24.8 Å². The summed E-state index contributed by atoms with van der Waals surface area (Å²) in [5, 5.41) is 3.14. The predicted molar refractivity (Wildman–Crippen MR) is 151 cm³/mol. The number of carbonyl (C=O) groups is 2. The standard InChI is InChI=1S/C31H38N2O2S/c1-5-25(4)32-31(35)29(19-26-15-7-6-8-16-26)33(20-27-17-11-9-13-23(27)2)30(34)22-36-21-28-18-12-10-14-24(28)3/h6-18,25,29H,5,19-22H2,1-4H3,(H,32,35)/t25-,29+/m1/s1. The van der Waals surface area contributed by atoms with Crippen molar-refractivity contribution in [3.8, 4) is 0 Å². The Morgan fingerprint density at radius 3 is 2.06 bits per heavy atom. The topological polar surface area (TPSA) is 49.4 Å². The molecule has 190 valence electrons. The Hall–Kier alpha value is -3.05. The summed E-state index contributed by atoms with van der Waals surface area (Å²) >= 11 is 1.60. The number of nitrogens with one attached hydrogen (secondary N) is 1. The number of rotatable bonds is 12. The van der Waals surface area contributed by atoms with Crippen LogP contribution >= 0.6 is 11.8 Å². The summed E-state index contributed by atoms with van der Waals surface area (Å²) in [6, 6.07) is 25.8. The average Bonchev–Trinajstić information content (AvgIpc) is 2.88. The molecule has 0 fully saturated rings. The van der Waals surface area contributed by atoms with Gasteiger partial charge >= 0.3 is 0 Å². The summed E-state index contributed by atoms with van der Waals surface area (Å²) in [7, 11) is 0. The molecule has 1 N–H and O–H groups in total. The summed E-state index contributed by atoms with van der Waals surface area (Å²) in [6.45, 7) is 8.61. The fourth-order valence-corrected chi connectivity index (χ4v) is 5.06. The molecular weight excluding hydrogens is 464 g/mol. The zero-order valence-electron chi connectivity index (χ0n) is 21.9. The normalized spacial score (nSPS) is 12.6. The third kappa shape index (κ3) is 7.99. The fourth-order valence-electron chi connectivity index (χ4n) is 4.07. The lowest BCUT2D eigenvalue weighted by atomic mass is 10.0. The van der Waals surface area contributed by atoms with E-state index in [-0.39, 0.29) is 17.9 Å². The van der Waals surface area contributed by atoms with Crippen molar-refractivity contribution in [3.05, 3.63) is 107 Å². The first-order valence-electron chi connectivity index (χ1n) is 12.7. The molecular formula is C31H38N2O2S. The lowest BCUT2D eigenvalue weighted by molar-refractivity contribution is -0.139. The Bertz CT molecular complexity index is 1130. The van der Waals surface area contributed by atoms with E-state index >= 15 is 0 Å². The number of nitrogens with zero attached hydrogens (tertiary/aromatic N) is 1. The molecule has 0 unspecified atom stereocenters. The SMILES string of the molecule is CC[C@@H](C)NC(=O)[C@H](Cc1ccccc1)N(Cc1ccccc1C)C(=O)CSCc1ccccc1C. The summed E-state index contributed by atoms with van der Waals surface area (Å²) < 4.78 is 0. The van der Waals surface area contributed by atoms with Gasteiger partial charge in [0.25, 0.3) is 0 Å². The smallest absolute Gasteiger partial charge is 0.243 e. The van der Waals surface area contributed by atoms with Gasteiger partial charge in [-0.25, -0.2) is 0 Å². The number of aryl methyl sites for hydroxylation is 2. The zero-order chi connectivity index (χ0) is 25.9. The quantitative estimate of drug-likeness (QED) is 0.326. The van der Waals surface area contributed by atoms with Crippen molar-refractivity contribution in [1.82, 2.24) is 10.2 Å². The Balaban J connectivity index is 1.87. The van der Waals surface area contributed by atoms with Crippen LogP contribution in [0.4, 0.5) is 0 Å². The van der Waals surface area contributed by atoms with Crippen LogP contribution in [0.25, 0.3) is 0 Å². The number of hydrogen-bond acceptors (Lipinski definition) is 3. The van der Waals surface area contributed by atoms with Gasteiger partial charge in [0.15, 0.2) is 0 Å². The van der Waals surface area contributed by atoms with E-state index < -0.39 is 6.04 Å². The second-order valence-electron chi connectivity index (χ2n) is 9.39. The maximum Gasteiger partial charge on any atom is 0.243 e. The van der Waals surface area contributed by atoms with Crippen molar-refractivity contribution < 1.29 is 9.59 Å². The molecule has 3 aromatic carbocycles. The summed E-state index contributed by atoms with van der Waals surface area (Å²) in [6.07, 6.45) is 1.31. The summed E-state index contributed by atoms with van der Waals surface area (Å²) in [5.74, 6) is 0.970. The second-order valence-corrected chi connectivity index (χ2v) is 10.4. The number of hydrogen-bond donors (Lipinski definition) is 1. The third-order valence-electron chi connectivity index (χ3n) is 6.62. The Morgan fingerprint density at radius 1 is 0.861 bits per heavy atom. The molecule has 0 aliphatic heterocycles. The van der Waals surface area contributed by atoms with E-state index in [9.17, 15) is 9.59 Å². The lowest BCUT2D eigenvalue weighted by Gasteiger charge is -2.32. The van der Waals surface area contributed by atoms with Crippen molar-refractivity contribution in [2.45, 2.75) is 64.9 Å². The van der Waals surface area contributed by atoms with E-state index in [0.29, 0.717) is 18.7 Å². The van der Waals surface area contributed by atoms with Crippen molar-refractivity contribution in [2.75, 3.05) is 5.75 Å². The molecule has 2 atom stereocenters. The van der Waals surface area contributed by atoms with E-state index in [4.69, 9.17) is 0 Å². The number of thioether (sulfide) groups is 1.